The molecule has 1 aromatic carbocycles. The number of hydrogen-bond acceptors (Lipinski definition) is 3. The standard InChI is InChI=1S/C15H18BrNO3/c1-15(20-7-14(18)19)8-17(9-15)13-5-2-10-6-11(16)3-4-12(10)13/h3-4,6,13H,2,5,7-9H2,1H3,(H,18,19). The summed E-state index contributed by atoms with van der Waals surface area (Å²) in [5.41, 5.74) is 2.52. The first-order valence-corrected chi connectivity index (χ1v) is 7.64. The highest BCUT2D eigenvalue weighted by atomic mass is 79.9. The van der Waals surface area contributed by atoms with E-state index in [2.05, 4.69) is 39.0 Å². The molecule has 3 rings (SSSR count). The maximum atomic E-state index is 10.6. The van der Waals surface area contributed by atoms with Gasteiger partial charge in [0.2, 0.25) is 0 Å². The predicted molar refractivity (Wildman–Crippen MR) is 78.8 cm³/mol. The lowest BCUT2D eigenvalue weighted by atomic mass is 9.92. The van der Waals surface area contributed by atoms with Gasteiger partial charge >= 0.3 is 5.97 Å². The van der Waals surface area contributed by atoms with Crippen LogP contribution < -0.4 is 0 Å². The number of aliphatic carboxylic acids is 1. The summed E-state index contributed by atoms with van der Waals surface area (Å²) in [4.78, 5) is 13.0. The van der Waals surface area contributed by atoms with Crippen molar-refractivity contribution in [3.05, 3.63) is 33.8 Å². The summed E-state index contributed by atoms with van der Waals surface area (Å²) in [5, 5.41) is 8.69. The number of hydrogen-bond donors (Lipinski definition) is 1. The number of rotatable bonds is 4. The molecular weight excluding hydrogens is 322 g/mol. The second-order valence-corrected chi connectivity index (χ2v) is 6.85. The van der Waals surface area contributed by atoms with Gasteiger partial charge in [-0.3, -0.25) is 4.90 Å². The third-order valence-electron chi connectivity index (χ3n) is 4.21. The van der Waals surface area contributed by atoms with Gasteiger partial charge in [0.25, 0.3) is 0 Å². The molecule has 5 heteroatoms. The third-order valence-corrected chi connectivity index (χ3v) is 4.70. The van der Waals surface area contributed by atoms with Crippen LogP contribution in [0.5, 0.6) is 0 Å². The molecule has 1 unspecified atom stereocenters. The Kier molecular flexibility index (Phi) is 3.60. The number of halogens is 1. The number of carbonyl (C=O) groups is 1. The molecule has 4 nitrogen and oxygen atoms in total. The molecule has 1 aromatic rings. The Bertz CT molecular complexity index is 540. The summed E-state index contributed by atoms with van der Waals surface area (Å²) in [7, 11) is 0. The van der Waals surface area contributed by atoms with Crippen LogP contribution in [0.4, 0.5) is 0 Å². The van der Waals surface area contributed by atoms with Gasteiger partial charge < -0.3 is 9.84 Å². The molecule has 0 aromatic heterocycles. The first-order chi connectivity index (χ1) is 9.47. The first-order valence-electron chi connectivity index (χ1n) is 6.85. The Morgan fingerprint density at radius 1 is 1.55 bits per heavy atom. The van der Waals surface area contributed by atoms with Crippen LogP contribution >= 0.6 is 15.9 Å². The Hall–Kier alpha value is -0.910. The Labute approximate surface area is 126 Å². The van der Waals surface area contributed by atoms with Crippen LogP contribution in [0.25, 0.3) is 0 Å². The van der Waals surface area contributed by atoms with Gasteiger partial charge in [-0.05, 0) is 43.0 Å². The molecule has 20 heavy (non-hydrogen) atoms. The van der Waals surface area contributed by atoms with Crippen molar-refractivity contribution in [1.29, 1.82) is 0 Å². The van der Waals surface area contributed by atoms with Crippen LogP contribution in [0.1, 0.15) is 30.5 Å². The van der Waals surface area contributed by atoms with Gasteiger partial charge in [0.15, 0.2) is 0 Å². The zero-order chi connectivity index (χ0) is 14.3. The summed E-state index contributed by atoms with van der Waals surface area (Å²) >= 11 is 3.52. The molecule has 1 N–H and O–H groups in total. The molecule has 1 aliphatic carbocycles. The summed E-state index contributed by atoms with van der Waals surface area (Å²) in [6.07, 6.45) is 2.25. The zero-order valence-electron chi connectivity index (χ0n) is 11.4. The van der Waals surface area contributed by atoms with Crippen LogP contribution in [-0.2, 0) is 16.0 Å². The quantitative estimate of drug-likeness (QED) is 0.915. The van der Waals surface area contributed by atoms with E-state index in [1.807, 2.05) is 6.92 Å². The van der Waals surface area contributed by atoms with Gasteiger partial charge in [-0.25, -0.2) is 4.79 Å². The van der Waals surface area contributed by atoms with Crippen LogP contribution in [0, 0.1) is 0 Å². The molecule has 0 saturated carbocycles. The van der Waals surface area contributed by atoms with Crippen molar-refractivity contribution >= 4 is 21.9 Å². The zero-order valence-corrected chi connectivity index (χ0v) is 13.0. The van der Waals surface area contributed by atoms with Gasteiger partial charge in [-0.2, -0.15) is 0 Å². The molecule has 1 saturated heterocycles. The highest BCUT2D eigenvalue weighted by Crippen LogP contribution is 2.41. The molecule has 1 aliphatic heterocycles. The maximum absolute atomic E-state index is 10.6. The third kappa shape index (κ3) is 2.62. The number of carboxylic acids is 1. The molecule has 1 heterocycles. The SMILES string of the molecule is CC1(OCC(=O)O)CN(C2CCc3cc(Br)ccc32)C1. The summed E-state index contributed by atoms with van der Waals surface area (Å²) < 4.78 is 6.61. The lowest BCUT2D eigenvalue weighted by molar-refractivity contribution is -0.169. The number of aryl methyl sites for hydroxylation is 1. The lowest BCUT2D eigenvalue weighted by Gasteiger charge is -2.50. The first kappa shape index (κ1) is 14.0. The highest BCUT2D eigenvalue weighted by Gasteiger charge is 2.44. The smallest absolute Gasteiger partial charge is 0.329 e. The fraction of sp³-hybridized carbons (Fsp3) is 0.533. The van der Waals surface area contributed by atoms with E-state index in [-0.39, 0.29) is 12.2 Å². The minimum Gasteiger partial charge on any atom is -0.480 e. The monoisotopic (exact) mass is 339 g/mol. The van der Waals surface area contributed by atoms with E-state index in [1.165, 1.54) is 11.1 Å². The van der Waals surface area contributed by atoms with E-state index < -0.39 is 5.97 Å². The number of fused-ring (bicyclic) bond motifs is 1. The molecule has 1 fully saturated rings. The van der Waals surface area contributed by atoms with E-state index in [4.69, 9.17) is 9.84 Å². The Morgan fingerprint density at radius 3 is 3.00 bits per heavy atom. The van der Waals surface area contributed by atoms with Crippen LogP contribution in [0.2, 0.25) is 0 Å². The molecule has 2 aliphatic rings. The number of likely N-dealkylation sites (tertiary alicyclic amines) is 1. The van der Waals surface area contributed by atoms with Gasteiger partial charge in [-0.15, -0.1) is 0 Å². The summed E-state index contributed by atoms with van der Waals surface area (Å²) in [5.74, 6) is -0.902. The van der Waals surface area contributed by atoms with Crippen molar-refractivity contribution in [2.45, 2.75) is 31.4 Å². The largest absolute Gasteiger partial charge is 0.480 e. The van der Waals surface area contributed by atoms with E-state index in [0.29, 0.717) is 6.04 Å². The average Bonchev–Trinajstić information content (AvgIpc) is 2.75. The van der Waals surface area contributed by atoms with E-state index in [9.17, 15) is 4.79 Å². The highest BCUT2D eigenvalue weighted by molar-refractivity contribution is 9.10. The van der Waals surface area contributed by atoms with Gasteiger partial charge in [0.05, 0.1) is 5.60 Å². The number of ether oxygens (including phenoxy) is 1. The minimum absolute atomic E-state index is 0.210. The molecule has 0 amide bonds. The van der Waals surface area contributed by atoms with Crippen LogP contribution in [0.3, 0.4) is 0 Å². The van der Waals surface area contributed by atoms with Crippen molar-refractivity contribution in [2.24, 2.45) is 0 Å². The Balaban J connectivity index is 1.63. The van der Waals surface area contributed by atoms with Crippen molar-refractivity contribution in [2.75, 3.05) is 19.7 Å². The van der Waals surface area contributed by atoms with Crippen molar-refractivity contribution in [1.82, 2.24) is 4.90 Å². The number of nitrogens with zero attached hydrogens (tertiary/aromatic N) is 1. The fourth-order valence-corrected chi connectivity index (χ4v) is 3.71. The van der Waals surface area contributed by atoms with Crippen LogP contribution in [0.15, 0.2) is 22.7 Å². The summed E-state index contributed by atoms with van der Waals surface area (Å²) in [6.45, 7) is 3.39. The molecule has 1 atom stereocenters. The number of benzene rings is 1. The van der Waals surface area contributed by atoms with Crippen molar-refractivity contribution < 1.29 is 14.6 Å². The molecule has 0 bridgehead atoms. The van der Waals surface area contributed by atoms with Gasteiger partial charge in [-0.1, -0.05) is 22.0 Å². The molecule has 0 radical (unpaired) electrons. The van der Waals surface area contributed by atoms with E-state index >= 15 is 0 Å². The van der Waals surface area contributed by atoms with Gasteiger partial charge in [0, 0.05) is 23.6 Å². The second kappa shape index (κ2) is 5.13. The van der Waals surface area contributed by atoms with E-state index in [1.54, 1.807) is 0 Å². The molecular formula is C15H18BrNO3. The normalized spacial score (nSPS) is 24.2. The fourth-order valence-electron chi connectivity index (χ4n) is 3.30. The summed E-state index contributed by atoms with van der Waals surface area (Å²) in [6, 6.07) is 6.96. The Morgan fingerprint density at radius 2 is 2.30 bits per heavy atom. The average molecular weight is 340 g/mol. The lowest BCUT2D eigenvalue weighted by Crippen LogP contribution is -2.62. The van der Waals surface area contributed by atoms with Gasteiger partial charge in [0.1, 0.15) is 6.61 Å². The van der Waals surface area contributed by atoms with Crippen molar-refractivity contribution in [3.63, 3.8) is 0 Å². The van der Waals surface area contributed by atoms with Crippen LogP contribution in [-0.4, -0.2) is 41.3 Å². The molecule has 0 spiro atoms. The number of carboxylic acid groups (broad SMARTS) is 1. The van der Waals surface area contributed by atoms with Crippen molar-refractivity contribution in [3.8, 4) is 0 Å². The topological polar surface area (TPSA) is 49.8 Å². The van der Waals surface area contributed by atoms with E-state index in [0.717, 1.165) is 30.4 Å². The predicted octanol–water partition coefficient (Wildman–Crippen LogP) is 2.61. The minimum atomic E-state index is -0.902. The molecule has 108 valence electrons. The maximum Gasteiger partial charge on any atom is 0.329 e. The second-order valence-electron chi connectivity index (χ2n) is 5.93.